The Bertz CT molecular complexity index is 1200. The maximum absolute atomic E-state index is 12.9. The maximum Gasteiger partial charge on any atom is 0.306 e. The van der Waals surface area contributed by atoms with Crippen LogP contribution in [0.3, 0.4) is 0 Å². The number of carbonyl (C=O) groups excluding carboxylic acids is 3. The van der Waals surface area contributed by atoms with Crippen molar-refractivity contribution in [3.05, 3.63) is 48.6 Å². The van der Waals surface area contributed by atoms with Gasteiger partial charge in [-0.15, -0.1) is 0 Å². The molecule has 0 aliphatic heterocycles. The largest absolute Gasteiger partial charge is 0.462 e. The van der Waals surface area contributed by atoms with Crippen molar-refractivity contribution < 1.29 is 28.6 Å². The second-order valence-corrected chi connectivity index (χ2v) is 20.3. The molecule has 1 unspecified atom stereocenters. The fourth-order valence-electron chi connectivity index (χ4n) is 8.75. The average Bonchev–Trinajstić information content (AvgIpc) is 3.35. The minimum Gasteiger partial charge on any atom is -0.462 e. The van der Waals surface area contributed by atoms with Gasteiger partial charge >= 0.3 is 17.9 Å². The second-order valence-electron chi connectivity index (χ2n) is 20.3. The van der Waals surface area contributed by atoms with E-state index in [0.29, 0.717) is 19.3 Å². The van der Waals surface area contributed by atoms with E-state index in [1.54, 1.807) is 0 Å². The van der Waals surface area contributed by atoms with Crippen LogP contribution in [0.2, 0.25) is 0 Å². The van der Waals surface area contributed by atoms with Gasteiger partial charge in [-0.3, -0.25) is 14.4 Å². The third kappa shape index (κ3) is 56.2. The number of rotatable bonds is 55. The zero-order valence-corrected chi connectivity index (χ0v) is 46.1. The van der Waals surface area contributed by atoms with Crippen LogP contribution in [0.15, 0.2) is 48.6 Å². The van der Waals surface area contributed by atoms with Gasteiger partial charge in [-0.2, -0.15) is 0 Å². The van der Waals surface area contributed by atoms with Crippen molar-refractivity contribution in [2.24, 2.45) is 0 Å². The van der Waals surface area contributed by atoms with Gasteiger partial charge in [0.1, 0.15) is 13.2 Å². The summed E-state index contributed by atoms with van der Waals surface area (Å²) in [6.45, 7) is 6.59. The molecule has 69 heavy (non-hydrogen) atoms. The molecule has 0 N–H and O–H groups in total. The molecule has 0 rings (SSSR count). The number of ether oxygens (including phenoxy) is 3. The first-order chi connectivity index (χ1) is 34.0. The lowest BCUT2D eigenvalue weighted by Crippen LogP contribution is -2.30. The first-order valence-corrected chi connectivity index (χ1v) is 30.1. The van der Waals surface area contributed by atoms with E-state index in [1.165, 1.54) is 186 Å². The summed E-state index contributed by atoms with van der Waals surface area (Å²) in [6, 6.07) is 0. The van der Waals surface area contributed by atoms with Crippen LogP contribution >= 0.6 is 0 Å². The van der Waals surface area contributed by atoms with Crippen LogP contribution in [-0.4, -0.2) is 37.2 Å². The van der Waals surface area contributed by atoms with Crippen LogP contribution in [0, 0.1) is 0 Å². The molecule has 0 spiro atoms. The molecule has 6 heteroatoms. The van der Waals surface area contributed by atoms with Gasteiger partial charge in [0.2, 0.25) is 0 Å². The summed E-state index contributed by atoms with van der Waals surface area (Å²) in [4.78, 5) is 38.1. The fraction of sp³-hybridized carbons (Fsp3) is 0.825. The van der Waals surface area contributed by atoms with Crippen LogP contribution in [0.4, 0.5) is 0 Å². The Balaban J connectivity index is 4.28. The predicted octanol–water partition coefficient (Wildman–Crippen LogP) is 20.2. The number of hydrogen-bond donors (Lipinski definition) is 0. The zero-order chi connectivity index (χ0) is 50.0. The molecule has 0 aliphatic rings. The summed E-state index contributed by atoms with van der Waals surface area (Å²) in [5.74, 6) is -0.886. The number of allylic oxidation sites excluding steroid dienone is 8. The highest BCUT2D eigenvalue weighted by atomic mass is 16.6. The third-order valence-corrected chi connectivity index (χ3v) is 13.3. The molecule has 0 aliphatic carbocycles. The fourth-order valence-corrected chi connectivity index (χ4v) is 8.75. The molecule has 0 heterocycles. The van der Waals surface area contributed by atoms with Crippen LogP contribution in [0.25, 0.3) is 0 Å². The molecule has 0 saturated carbocycles. The lowest BCUT2D eigenvalue weighted by Gasteiger charge is -2.18. The van der Waals surface area contributed by atoms with Crippen molar-refractivity contribution >= 4 is 17.9 Å². The lowest BCUT2D eigenvalue weighted by molar-refractivity contribution is -0.167. The number of esters is 3. The number of unbranched alkanes of at least 4 members (excludes halogenated alkanes) is 36. The average molecular weight is 968 g/mol. The van der Waals surface area contributed by atoms with E-state index >= 15 is 0 Å². The Morgan fingerprint density at radius 1 is 0.290 bits per heavy atom. The van der Waals surface area contributed by atoms with Gasteiger partial charge in [-0.25, -0.2) is 0 Å². The summed E-state index contributed by atoms with van der Waals surface area (Å²) < 4.78 is 16.9. The molecular formula is C63H114O6. The van der Waals surface area contributed by atoms with E-state index in [9.17, 15) is 14.4 Å². The Morgan fingerprint density at radius 3 is 0.884 bits per heavy atom. The number of hydrogen-bond acceptors (Lipinski definition) is 6. The summed E-state index contributed by atoms with van der Waals surface area (Å²) in [5, 5.41) is 0. The summed E-state index contributed by atoms with van der Waals surface area (Å²) in [7, 11) is 0. The minimum absolute atomic E-state index is 0.0793. The van der Waals surface area contributed by atoms with Crippen molar-refractivity contribution in [3.8, 4) is 0 Å². The topological polar surface area (TPSA) is 78.9 Å². The van der Waals surface area contributed by atoms with Crippen molar-refractivity contribution in [2.75, 3.05) is 13.2 Å². The summed E-state index contributed by atoms with van der Waals surface area (Å²) in [6.07, 6.45) is 71.2. The Labute approximate surface area is 428 Å². The molecule has 0 saturated heterocycles. The molecule has 402 valence electrons. The van der Waals surface area contributed by atoms with Crippen LogP contribution in [0.5, 0.6) is 0 Å². The molecular weight excluding hydrogens is 853 g/mol. The minimum atomic E-state index is -0.779. The molecule has 0 aromatic carbocycles. The molecule has 0 aromatic rings. The van der Waals surface area contributed by atoms with Gasteiger partial charge in [-0.05, 0) is 77.0 Å². The first-order valence-electron chi connectivity index (χ1n) is 30.1. The molecule has 0 aromatic heterocycles. The zero-order valence-electron chi connectivity index (χ0n) is 46.1. The van der Waals surface area contributed by atoms with Gasteiger partial charge in [0, 0.05) is 19.3 Å². The Hall–Kier alpha value is -2.63. The Morgan fingerprint density at radius 2 is 0.551 bits per heavy atom. The van der Waals surface area contributed by atoms with E-state index in [-0.39, 0.29) is 31.1 Å². The smallest absolute Gasteiger partial charge is 0.306 e. The molecule has 6 nitrogen and oxygen atoms in total. The van der Waals surface area contributed by atoms with Crippen molar-refractivity contribution in [1.82, 2.24) is 0 Å². The van der Waals surface area contributed by atoms with Crippen molar-refractivity contribution in [2.45, 2.75) is 322 Å². The number of carbonyl (C=O) groups is 3. The van der Waals surface area contributed by atoms with Crippen LogP contribution in [0.1, 0.15) is 316 Å². The molecule has 0 radical (unpaired) electrons. The van der Waals surface area contributed by atoms with E-state index in [4.69, 9.17) is 14.2 Å². The summed E-state index contributed by atoms with van der Waals surface area (Å²) >= 11 is 0. The molecule has 0 fully saturated rings. The predicted molar refractivity (Wildman–Crippen MR) is 298 cm³/mol. The van der Waals surface area contributed by atoms with E-state index in [2.05, 4.69) is 69.4 Å². The second kappa shape index (κ2) is 57.9. The monoisotopic (exact) mass is 967 g/mol. The SMILES string of the molecule is CCC/C=C\CCCCCCCC(=O)OCC(COC(=O)CCCCCCCC/C=C\C/C=C\C/C=C\CCCCCCC)OC(=O)CCCCCCCCCCCCCCCCCCCCCC. The highest BCUT2D eigenvalue weighted by molar-refractivity contribution is 5.71. The maximum atomic E-state index is 12.9. The third-order valence-electron chi connectivity index (χ3n) is 13.3. The molecule has 1 atom stereocenters. The highest BCUT2D eigenvalue weighted by Crippen LogP contribution is 2.17. The molecule has 0 bridgehead atoms. The standard InChI is InChI=1S/C63H114O6/c1-4-7-10-13-16-19-22-24-26-28-30-32-34-35-37-39-41-44-47-50-53-56-62(65)68-59-60(58-67-61(64)55-52-49-46-43-21-18-15-12-9-6-3)69-63(66)57-54-51-48-45-42-40-38-36-33-31-29-27-25-23-20-17-14-11-8-5-2/h12,15,22,24,28,30,34-35,60H,4-11,13-14,16-21,23,25-27,29,31-33,36-59H2,1-3H3/b15-12-,24-22-,30-28-,35-34-. The van der Waals surface area contributed by atoms with E-state index < -0.39 is 6.10 Å². The van der Waals surface area contributed by atoms with Gasteiger partial charge in [0.15, 0.2) is 6.10 Å². The Kier molecular flexibility index (Phi) is 55.7. The normalized spacial score (nSPS) is 12.3. The van der Waals surface area contributed by atoms with Gasteiger partial charge in [-0.1, -0.05) is 268 Å². The van der Waals surface area contributed by atoms with E-state index in [0.717, 1.165) is 89.9 Å². The van der Waals surface area contributed by atoms with E-state index in [1.807, 2.05) is 0 Å². The lowest BCUT2D eigenvalue weighted by atomic mass is 10.0. The highest BCUT2D eigenvalue weighted by Gasteiger charge is 2.19. The first kappa shape index (κ1) is 66.4. The van der Waals surface area contributed by atoms with Crippen LogP contribution < -0.4 is 0 Å². The van der Waals surface area contributed by atoms with Crippen molar-refractivity contribution in [3.63, 3.8) is 0 Å². The van der Waals surface area contributed by atoms with Gasteiger partial charge in [0.25, 0.3) is 0 Å². The molecule has 0 amide bonds. The van der Waals surface area contributed by atoms with Crippen molar-refractivity contribution in [1.29, 1.82) is 0 Å². The quantitative estimate of drug-likeness (QED) is 0.0262. The van der Waals surface area contributed by atoms with Gasteiger partial charge in [0.05, 0.1) is 0 Å². The summed E-state index contributed by atoms with van der Waals surface area (Å²) in [5.41, 5.74) is 0. The van der Waals surface area contributed by atoms with Gasteiger partial charge < -0.3 is 14.2 Å². The van der Waals surface area contributed by atoms with Crippen LogP contribution in [-0.2, 0) is 28.6 Å².